The van der Waals surface area contributed by atoms with Crippen LogP contribution in [0.1, 0.15) is 90.9 Å². The minimum atomic E-state index is -0.833. The molecular formula is C18H37NO2. The second-order valence-corrected chi connectivity index (χ2v) is 6.25. The molecule has 0 unspecified atom stereocenters. The van der Waals surface area contributed by atoms with Gasteiger partial charge < -0.3 is 10.0 Å². The number of hydrogen-bond donors (Lipinski definition) is 1. The third-order valence-corrected chi connectivity index (χ3v) is 4.03. The number of unbranched alkanes of at least 4 members (excludes halogenated alkanes) is 9. The lowest BCUT2D eigenvalue weighted by Crippen LogP contribution is -2.20. The number of nitrogens with zero attached hydrogens (tertiary/aromatic N) is 1. The normalized spacial score (nSPS) is 14.8. The van der Waals surface area contributed by atoms with Crippen LogP contribution in [0.3, 0.4) is 0 Å². The summed E-state index contributed by atoms with van der Waals surface area (Å²) in [7, 11) is 0. The fourth-order valence-electron chi connectivity index (χ4n) is 2.83. The lowest BCUT2D eigenvalue weighted by Gasteiger charge is -2.13. The second kappa shape index (κ2) is 15.8. The number of aliphatic carboxylic acids is 1. The first kappa shape index (κ1) is 20.4. The van der Waals surface area contributed by atoms with Gasteiger partial charge in [-0.25, -0.2) is 0 Å². The molecule has 1 aliphatic heterocycles. The zero-order valence-electron chi connectivity index (χ0n) is 14.4. The molecule has 3 nitrogen and oxygen atoms in total. The van der Waals surface area contributed by atoms with Crippen molar-refractivity contribution in [1.29, 1.82) is 0 Å². The van der Waals surface area contributed by atoms with Crippen LogP contribution in [-0.4, -0.2) is 35.6 Å². The van der Waals surface area contributed by atoms with E-state index in [1.807, 2.05) is 0 Å². The molecule has 1 aliphatic rings. The van der Waals surface area contributed by atoms with E-state index in [0.717, 1.165) is 6.92 Å². The van der Waals surface area contributed by atoms with Gasteiger partial charge in [0.15, 0.2) is 0 Å². The maximum absolute atomic E-state index is 9.00. The highest BCUT2D eigenvalue weighted by Gasteiger charge is 2.09. The Bertz CT molecular complexity index is 221. The van der Waals surface area contributed by atoms with Gasteiger partial charge in [-0.1, -0.05) is 64.7 Å². The Morgan fingerprint density at radius 1 is 0.857 bits per heavy atom. The van der Waals surface area contributed by atoms with Gasteiger partial charge >= 0.3 is 0 Å². The van der Waals surface area contributed by atoms with Gasteiger partial charge in [-0.15, -0.1) is 0 Å². The molecule has 21 heavy (non-hydrogen) atoms. The molecule has 0 aromatic rings. The van der Waals surface area contributed by atoms with Gasteiger partial charge in [-0.2, -0.15) is 0 Å². The quantitative estimate of drug-likeness (QED) is 0.540. The van der Waals surface area contributed by atoms with Crippen molar-refractivity contribution in [3.05, 3.63) is 0 Å². The summed E-state index contributed by atoms with van der Waals surface area (Å²) in [5, 5.41) is 7.42. The SMILES string of the molecule is CC(=O)O.CCCCCCCCCCCCN1CCCC1. The number of likely N-dealkylation sites (tertiary alicyclic amines) is 1. The lowest BCUT2D eigenvalue weighted by molar-refractivity contribution is -0.134. The average molecular weight is 299 g/mol. The molecule has 0 amide bonds. The molecule has 0 radical (unpaired) electrons. The van der Waals surface area contributed by atoms with Crippen molar-refractivity contribution in [2.24, 2.45) is 0 Å². The van der Waals surface area contributed by atoms with Crippen LogP contribution in [-0.2, 0) is 4.79 Å². The summed E-state index contributed by atoms with van der Waals surface area (Å²) in [5.74, 6) is -0.833. The van der Waals surface area contributed by atoms with Gasteiger partial charge in [0, 0.05) is 6.92 Å². The first-order chi connectivity index (χ1) is 10.2. The van der Waals surface area contributed by atoms with Gasteiger partial charge in [0.2, 0.25) is 0 Å². The van der Waals surface area contributed by atoms with Gasteiger partial charge in [0.25, 0.3) is 5.97 Å². The van der Waals surface area contributed by atoms with Crippen LogP contribution in [0.25, 0.3) is 0 Å². The van der Waals surface area contributed by atoms with Crippen molar-refractivity contribution in [3.8, 4) is 0 Å². The van der Waals surface area contributed by atoms with Crippen LogP contribution in [0, 0.1) is 0 Å². The number of carboxylic acids is 1. The molecule has 1 rings (SSSR count). The van der Waals surface area contributed by atoms with Gasteiger partial charge in [-0.3, -0.25) is 4.79 Å². The molecule has 0 aliphatic carbocycles. The fourth-order valence-corrected chi connectivity index (χ4v) is 2.83. The van der Waals surface area contributed by atoms with Crippen molar-refractivity contribution in [2.45, 2.75) is 90.9 Å². The van der Waals surface area contributed by atoms with Crippen molar-refractivity contribution in [3.63, 3.8) is 0 Å². The summed E-state index contributed by atoms with van der Waals surface area (Å²) in [5.41, 5.74) is 0. The van der Waals surface area contributed by atoms with E-state index in [-0.39, 0.29) is 0 Å². The number of carboxylic acid groups (broad SMARTS) is 1. The molecular weight excluding hydrogens is 262 g/mol. The Labute approximate surface area is 132 Å². The van der Waals surface area contributed by atoms with Gasteiger partial charge in [-0.05, 0) is 38.9 Å². The molecule has 0 bridgehead atoms. The van der Waals surface area contributed by atoms with Crippen LogP contribution >= 0.6 is 0 Å². The standard InChI is InChI=1S/C16H33N.C2H4O2/c1-2-3-4-5-6-7-8-9-10-11-14-17-15-12-13-16-17;1-2(3)4/h2-16H2,1H3;1H3,(H,3,4). The van der Waals surface area contributed by atoms with E-state index in [0.29, 0.717) is 0 Å². The van der Waals surface area contributed by atoms with Gasteiger partial charge in [0.05, 0.1) is 0 Å². The Balaban J connectivity index is 0.000000885. The monoisotopic (exact) mass is 299 g/mol. The molecule has 1 heterocycles. The van der Waals surface area contributed by atoms with Crippen molar-refractivity contribution in [2.75, 3.05) is 19.6 Å². The van der Waals surface area contributed by atoms with E-state index in [9.17, 15) is 0 Å². The Hall–Kier alpha value is -0.570. The van der Waals surface area contributed by atoms with E-state index in [2.05, 4.69) is 11.8 Å². The van der Waals surface area contributed by atoms with E-state index in [1.54, 1.807) is 0 Å². The minimum absolute atomic E-state index is 0.833. The molecule has 126 valence electrons. The minimum Gasteiger partial charge on any atom is -0.481 e. The van der Waals surface area contributed by atoms with Crippen molar-refractivity contribution >= 4 is 5.97 Å². The van der Waals surface area contributed by atoms with E-state index in [4.69, 9.17) is 9.90 Å². The summed E-state index contributed by atoms with van der Waals surface area (Å²) in [4.78, 5) is 11.6. The van der Waals surface area contributed by atoms with Crippen LogP contribution in [0.15, 0.2) is 0 Å². The third-order valence-electron chi connectivity index (χ3n) is 4.03. The molecule has 1 fully saturated rings. The maximum atomic E-state index is 9.00. The van der Waals surface area contributed by atoms with E-state index < -0.39 is 5.97 Å². The third kappa shape index (κ3) is 17.4. The molecule has 3 heteroatoms. The zero-order chi connectivity index (χ0) is 15.8. The van der Waals surface area contributed by atoms with Crippen LogP contribution < -0.4 is 0 Å². The molecule has 0 saturated carbocycles. The first-order valence-corrected chi connectivity index (χ1v) is 9.08. The Morgan fingerprint density at radius 3 is 1.67 bits per heavy atom. The Kier molecular flexibility index (Phi) is 15.4. The smallest absolute Gasteiger partial charge is 0.300 e. The first-order valence-electron chi connectivity index (χ1n) is 9.08. The largest absolute Gasteiger partial charge is 0.481 e. The zero-order valence-corrected chi connectivity index (χ0v) is 14.4. The van der Waals surface area contributed by atoms with Crippen molar-refractivity contribution < 1.29 is 9.90 Å². The van der Waals surface area contributed by atoms with E-state index in [1.165, 1.54) is 96.7 Å². The highest BCUT2D eigenvalue weighted by molar-refractivity contribution is 5.62. The number of rotatable bonds is 11. The molecule has 1 saturated heterocycles. The molecule has 0 aromatic heterocycles. The van der Waals surface area contributed by atoms with Gasteiger partial charge in [0.1, 0.15) is 0 Å². The summed E-state index contributed by atoms with van der Waals surface area (Å²) in [6, 6.07) is 0. The molecule has 0 aromatic carbocycles. The molecule has 1 N–H and O–H groups in total. The lowest BCUT2D eigenvalue weighted by atomic mass is 10.1. The summed E-state index contributed by atoms with van der Waals surface area (Å²) < 4.78 is 0. The highest BCUT2D eigenvalue weighted by Crippen LogP contribution is 2.12. The number of hydrogen-bond acceptors (Lipinski definition) is 2. The van der Waals surface area contributed by atoms with Crippen molar-refractivity contribution in [1.82, 2.24) is 4.90 Å². The molecule has 0 spiro atoms. The Morgan fingerprint density at radius 2 is 1.24 bits per heavy atom. The fraction of sp³-hybridized carbons (Fsp3) is 0.944. The predicted molar refractivity (Wildman–Crippen MR) is 90.8 cm³/mol. The predicted octanol–water partition coefficient (Wildman–Crippen LogP) is 5.09. The maximum Gasteiger partial charge on any atom is 0.300 e. The number of carbonyl (C=O) groups is 1. The summed E-state index contributed by atoms with van der Waals surface area (Å²) in [6.45, 7) is 7.49. The van der Waals surface area contributed by atoms with Crippen LogP contribution in [0.5, 0.6) is 0 Å². The average Bonchev–Trinajstić information content (AvgIpc) is 2.93. The van der Waals surface area contributed by atoms with Crippen LogP contribution in [0.2, 0.25) is 0 Å². The molecule has 0 atom stereocenters. The highest BCUT2D eigenvalue weighted by atomic mass is 16.4. The summed E-state index contributed by atoms with van der Waals surface area (Å²) >= 11 is 0. The summed E-state index contributed by atoms with van der Waals surface area (Å²) in [6.07, 6.45) is 17.4. The van der Waals surface area contributed by atoms with Crippen LogP contribution in [0.4, 0.5) is 0 Å². The van der Waals surface area contributed by atoms with E-state index >= 15 is 0 Å². The second-order valence-electron chi connectivity index (χ2n) is 6.25. The topological polar surface area (TPSA) is 40.5 Å².